The van der Waals surface area contributed by atoms with Crippen LogP contribution in [-0.4, -0.2) is 38.6 Å². The summed E-state index contributed by atoms with van der Waals surface area (Å²) in [5.74, 6) is -1.53. The van der Waals surface area contributed by atoms with E-state index in [1.807, 2.05) is 42.5 Å². The van der Waals surface area contributed by atoms with Gasteiger partial charge >= 0.3 is 6.09 Å². The van der Waals surface area contributed by atoms with Crippen molar-refractivity contribution < 1.29 is 19.4 Å². The van der Waals surface area contributed by atoms with Crippen molar-refractivity contribution in [1.82, 2.24) is 25.6 Å². The van der Waals surface area contributed by atoms with Gasteiger partial charge in [-0.2, -0.15) is 0 Å². The maximum Gasteiger partial charge on any atom is 0.408 e. The molecule has 2 aromatic heterocycles. The minimum Gasteiger partial charge on any atom is -0.501 e. The number of pyridine rings is 1. The molecule has 0 aliphatic heterocycles. The normalized spacial score (nSPS) is 11.0. The van der Waals surface area contributed by atoms with E-state index < -0.39 is 34.5 Å². The molecule has 0 bridgehead atoms. The molecule has 33 heavy (non-hydrogen) atoms. The van der Waals surface area contributed by atoms with Crippen LogP contribution in [0.15, 0.2) is 59.7 Å². The minimum atomic E-state index is -1.20. The number of H-pyrrole nitrogens is 1. The number of nitrogens with zero attached hydrogens (tertiary/aromatic N) is 2. The molecule has 172 valence electrons. The van der Waals surface area contributed by atoms with Gasteiger partial charge in [0.25, 0.3) is 11.5 Å². The Balaban J connectivity index is 1.67. The van der Waals surface area contributed by atoms with Crippen LogP contribution < -0.4 is 16.2 Å². The summed E-state index contributed by atoms with van der Waals surface area (Å²) in [4.78, 5) is 47.5. The van der Waals surface area contributed by atoms with Crippen molar-refractivity contribution in [3.05, 3.63) is 87.9 Å². The summed E-state index contributed by atoms with van der Waals surface area (Å²) < 4.78 is 5.21. The van der Waals surface area contributed by atoms with Crippen LogP contribution in [0.1, 0.15) is 41.3 Å². The van der Waals surface area contributed by atoms with Gasteiger partial charge in [0.15, 0.2) is 5.69 Å². The van der Waals surface area contributed by atoms with Crippen LogP contribution in [0.3, 0.4) is 0 Å². The largest absolute Gasteiger partial charge is 0.501 e. The first kappa shape index (κ1) is 23.5. The number of aromatic nitrogens is 3. The fraction of sp³-hybridized carbons (Fsp3) is 0.261. The fourth-order valence-corrected chi connectivity index (χ4v) is 2.95. The van der Waals surface area contributed by atoms with Gasteiger partial charge < -0.3 is 25.5 Å². The van der Waals surface area contributed by atoms with E-state index in [0.29, 0.717) is 6.42 Å². The maximum atomic E-state index is 12.6. The summed E-state index contributed by atoms with van der Waals surface area (Å²) in [6, 6.07) is 12.8. The molecule has 0 aliphatic rings. The molecule has 0 saturated carbocycles. The molecule has 4 N–H and O–H groups in total. The second-order valence-electron chi connectivity index (χ2n) is 7.78. The number of hydrogen-bond donors (Lipinski definition) is 4. The average Bonchev–Trinajstić information content (AvgIpc) is 2.80. The quantitative estimate of drug-likeness (QED) is 0.410. The van der Waals surface area contributed by atoms with Crippen LogP contribution in [0.2, 0.25) is 0 Å². The third-order valence-corrected chi connectivity index (χ3v) is 4.78. The van der Waals surface area contributed by atoms with Gasteiger partial charge in [0.1, 0.15) is 12.4 Å². The van der Waals surface area contributed by atoms with Crippen LogP contribution in [0, 0.1) is 0 Å². The Hall–Kier alpha value is -4.21. The van der Waals surface area contributed by atoms with E-state index in [4.69, 9.17) is 4.74 Å². The molecule has 0 radical (unpaired) electrons. The van der Waals surface area contributed by atoms with E-state index in [9.17, 15) is 19.5 Å². The van der Waals surface area contributed by atoms with Gasteiger partial charge in [-0.25, -0.2) is 9.78 Å². The molecule has 0 spiro atoms. The molecule has 0 saturated heterocycles. The molecule has 10 nitrogen and oxygen atoms in total. The molecule has 3 rings (SSSR count). The van der Waals surface area contributed by atoms with Gasteiger partial charge in [-0.15, -0.1) is 0 Å². The smallest absolute Gasteiger partial charge is 0.408 e. The lowest BCUT2D eigenvalue weighted by molar-refractivity contribution is 0.0945. The van der Waals surface area contributed by atoms with Crippen molar-refractivity contribution >= 4 is 12.0 Å². The van der Waals surface area contributed by atoms with E-state index >= 15 is 0 Å². The van der Waals surface area contributed by atoms with E-state index in [2.05, 4.69) is 25.6 Å². The fourth-order valence-electron chi connectivity index (χ4n) is 2.95. The number of carbonyl (C=O) groups excluding carboxylic acids is 2. The number of aromatic amines is 1. The molecule has 0 unspecified atom stereocenters. The van der Waals surface area contributed by atoms with Crippen LogP contribution in [-0.2, 0) is 23.3 Å². The molecule has 0 atom stereocenters. The predicted molar refractivity (Wildman–Crippen MR) is 120 cm³/mol. The van der Waals surface area contributed by atoms with Gasteiger partial charge in [0.2, 0.25) is 5.75 Å². The monoisotopic (exact) mass is 451 g/mol. The molecule has 2 amide bonds. The van der Waals surface area contributed by atoms with Crippen LogP contribution in [0.25, 0.3) is 0 Å². The summed E-state index contributed by atoms with van der Waals surface area (Å²) in [7, 11) is 0. The third-order valence-electron chi connectivity index (χ3n) is 4.78. The molecule has 2 heterocycles. The van der Waals surface area contributed by atoms with E-state index in [0.717, 1.165) is 11.1 Å². The molecular formula is C23H25N5O5. The maximum absolute atomic E-state index is 12.6. The Labute approximate surface area is 190 Å². The van der Waals surface area contributed by atoms with E-state index in [1.54, 1.807) is 26.2 Å². The second-order valence-corrected chi connectivity index (χ2v) is 7.78. The summed E-state index contributed by atoms with van der Waals surface area (Å²) >= 11 is 0. The van der Waals surface area contributed by atoms with Crippen LogP contribution in [0.5, 0.6) is 5.75 Å². The number of benzene rings is 1. The number of hydrogen-bond acceptors (Lipinski definition) is 7. The first-order chi connectivity index (χ1) is 15.8. The lowest BCUT2D eigenvalue weighted by Crippen LogP contribution is -2.44. The highest BCUT2D eigenvalue weighted by atomic mass is 16.5. The Kier molecular flexibility index (Phi) is 7.39. The second kappa shape index (κ2) is 10.4. The molecule has 10 heteroatoms. The van der Waals surface area contributed by atoms with Gasteiger partial charge in [0.05, 0.1) is 5.54 Å². The zero-order valence-electron chi connectivity index (χ0n) is 18.3. The number of rotatable bonds is 8. The zero-order chi connectivity index (χ0) is 23.8. The van der Waals surface area contributed by atoms with Crippen molar-refractivity contribution in [3.8, 4) is 5.75 Å². The first-order valence-corrected chi connectivity index (χ1v) is 10.3. The van der Waals surface area contributed by atoms with Crippen molar-refractivity contribution in [2.75, 3.05) is 6.54 Å². The Morgan fingerprint density at radius 1 is 1.09 bits per heavy atom. The molecule has 0 fully saturated rings. The predicted octanol–water partition coefficient (Wildman–Crippen LogP) is 2.00. The molecule has 3 aromatic rings. The number of alkyl carbamates (subject to hydrolysis) is 1. The van der Waals surface area contributed by atoms with E-state index in [-0.39, 0.29) is 19.0 Å². The van der Waals surface area contributed by atoms with Crippen molar-refractivity contribution in [3.63, 3.8) is 0 Å². The number of carbonyl (C=O) groups is 2. The first-order valence-electron chi connectivity index (χ1n) is 10.3. The van der Waals surface area contributed by atoms with Gasteiger partial charge in [0, 0.05) is 18.9 Å². The summed E-state index contributed by atoms with van der Waals surface area (Å²) in [5.41, 5.74) is -0.754. The Bertz CT molecular complexity index is 1160. The van der Waals surface area contributed by atoms with Gasteiger partial charge in [-0.05, 0) is 43.5 Å². The third kappa shape index (κ3) is 6.39. The topological polar surface area (TPSA) is 146 Å². The van der Waals surface area contributed by atoms with Gasteiger partial charge in [-0.1, -0.05) is 30.3 Å². The molecule has 1 aromatic carbocycles. The van der Waals surface area contributed by atoms with Crippen LogP contribution >= 0.6 is 0 Å². The number of ether oxygens (including phenoxy) is 1. The summed E-state index contributed by atoms with van der Waals surface area (Å²) in [5, 5.41) is 15.3. The average molecular weight is 451 g/mol. The number of amides is 2. The molecule has 0 aliphatic carbocycles. The van der Waals surface area contributed by atoms with Crippen molar-refractivity contribution in [2.24, 2.45) is 0 Å². The minimum absolute atomic E-state index is 0.0127. The Morgan fingerprint density at radius 3 is 2.48 bits per heavy atom. The highest BCUT2D eigenvalue weighted by Crippen LogP contribution is 2.18. The standard InChI is InChI=1S/C23H25N5O5/c1-23(2,28-22(32)33-14-16-6-4-3-5-7-16)21-26-17(18(29)20(31)27-21)19(30)25-13-10-15-8-11-24-12-9-15/h3-9,11-12,29H,10,13-14H2,1-2H3,(H,25,30)(H,28,32)(H,26,27,31). The van der Waals surface area contributed by atoms with Crippen LogP contribution in [0.4, 0.5) is 4.79 Å². The lowest BCUT2D eigenvalue weighted by atomic mass is 10.0. The van der Waals surface area contributed by atoms with Crippen molar-refractivity contribution in [1.29, 1.82) is 0 Å². The number of aromatic hydroxyl groups is 1. The molecular weight excluding hydrogens is 426 g/mol. The SMILES string of the molecule is CC(C)(NC(=O)OCc1ccccc1)c1nc(C(=O)NCCc2ccncc2)c(O)c(=O)[nH]1. The van der Waals surface area contributed by atoms with Gasteiger partial charge in [-0.3, -0.25) is 14.6 Å². The summed E-state index contributed by atoms with van der Waals surface area (Å²) in [6.45, 7) is 3.49. The highest BCUT2D eigenvalue weighted by Gasteiger charge is 2.29. The zero-order valence-corrected chi connectivity index (χ0v) is 18.3. The highest BCUT2D eigenvalue weighted by molar-refractivity contribution is 5.94. The summed E-state index contributed by atoms with van der Waals surface area (Å²) in [6.07, 6.45) is 3.09. The van der Waals surface area contributed by atoms with E-state index in [1.165, 1.54) is 0 Å². The lowest BCUT2D eigenvalue weighted by Gasteiger charge is -2.25. The van der Waals surface area contributed by atoms with Crippen molar-refractivity contribution in [2.45, 2.75) is 32.4 Å². The number of nitrogens with one attached hydrogen (secondary N) is 3. The Morgan fingerprint density at radius 2 is 1.79 bits per heavy atom.